The Balaban J connectivity index is 2.15. The summed E-state index contributed by atoms with van der Waals surface area (Å²) >= 11 is 0. The van der Waals surface area contributed by atoms with Gasteiger partial charge in [0.05, 0.1) is 6.26 Å². The molecule has 0 N–H and O–H groups in total. The van der Waals surface area contributed by atoms with E-state index in [0.717, 1.165) is 42.0 Å². The zero-order valence-electron chi connectivity index (χ0n) is 9.56. The monoisotopic (exact) mass is 217 g/mol. The molecule has 2 aromatic heterocycles. The molecule has 0 atom stereocenters. The van der Waals surface area contributed by atoms with Gasteiger partial charge in [-0.2, -0.15) is 0 Å². The molecule has 16 heavy (non-hydrogen) atoms. The summed E-state index contributed by atoms with van der Waals surface area (Å²) in [6, 6.07) is 5.78. The highest BCUT2D eigenvalue weighted by atomic mass is 16.3. The molecule has 0 saturated carbocycles. The van der Waals surface area contributed by atoms with E-state index >= 15 is 0 Å². The Kier molecular flexibility index (Phi) is 2.95. The lowest BCUT2D eigenvalue weighted by atomic mass is 10.3. The summed E-state index contributed by atoms with van der Waals surface area (Å²) in [5, 5.41) is 0. The topological polar surface area (TPSA) is 35.1 Å². The van der Waals surface area contributed by atoms with Crippen molar-refractivity contribution in [2.45, 2.75) is 26.8 Å². The van der Waals surface area contributed by atoms with Crippen LogP contribution in [0.4, 0.5) is 0 Å². The molecule has 0 fully saturated rings. The van der Waals surface area contributed by atoms with Gasteiger partial charge in [0.15, 0.2) is 6.29 Å². The van der Waals surface area contributed by atoms with Crippen LogP contribution in [0.3, 0.4) is 0 Å². The molecule has 2 aromatic rings. The highest BCUT2D eigenvalue weighted by molar-refractivity contribution is 5.77. The Morgan fingerprint density at radius 1 is 1.44 bits per heavy atom. The number of nitrogens with zero attached hydrogens (tertiary/aromatic N) is 1. The minimum absolute atomic E-state index is 0.775. The van der Waals surface area contributed by atoms with Gasteiger partial charge < -0.3 is 8.98 Å². The molecule has 2 heterocycles. The molecule has 0 spiro atoms. The van der Waals surface area contributed by atoms with Crippen molar-refractivity contribution in [2.75, 3.05) is 0 Å². The third kappa shape index (κ3) is 1.94. The van der Waals surface area contributed by atoms with Gasteiger partial charge in [0.2, 0.25) is 0 Å². The van der Waals surface area contributed by atoms with Gasteiger partial charge in [-0.3, -0.25) is 4.79 Å². The maximum Gasteiger partial charge on any atom is 0.151 e. The molecule has 3 heteroatoms. The molecule has 0 aromatic carbocycles. The number of carbonyl (C=O) groups is 1. The van der Waals surface area contributed by atoms with E-state index in [0.29, 0.717) is 0 Å². The van der Waals surface area contributed by atoms with Crippen LogP contribution in [0.1, 0.15) is 27.5 Å². The first-order valence-electron chi connectivity index (χ1n) is 5.36. The SMILES string of the molecule is Cc1cc(C=O)c(C)n1CCc1ccco1. The van der Waals surface area contributed by atoms with E-state index in [1.807, 2.05) is 32.0 Å². The zero-order valence-corrected chi connectivity index (χ0v) is 9.56. The first kappa shape index (κ1) is 10.7. The van der Waals surface area contributed by atoms with Crippen molar-refractivity contribution in [1.82, 2.24) is 4.57 Å². The van der Waals surface area contributed by atoms with Gasteiger partial charge >= 0.3 is 0 Å². The first-order valence-corrected chi connectivity index (χ1v) is 5.36. The lowest BCUT2D eigenvalue weighted by Gasteiger charge is -2.07. The number of rotatable bonds is 4. The van der Waals surface area contributed by atoms with Crippen LogP contribution in [-0.4, -0.2) is 10.9 Å². The standard InChI is InChI=1S/C13H15NO2/c1-10-8-12(9-15)11(2)14(10)6-5-13-4-3-7-16-13/h3-4,7-9H,5-6H2,1-2H3. The fraction of sp³-hybridized carbons (Fsp3) is 0.308. The molecule has 0 aliphatic rings. The van der Waals surface area contributed by atoms with Gasteiger partial charge in [-0.05, 0) is 32.0 Å². The molecule has 2 rings (SSSR count). The average molecular weight is 217 g/mol. The maximum atomic E-state index is 10.8. The summed E-state index contributed by atoms with van der Waals surface area (Å²) in [4.78, 5) is 10.8. The Labute approximate surface area is 94.7 Å². The predicted octanol–water partition coefficient (Wildman–Crippen LogP) is 2.75. The second-order valence-corrected chi connectivity index (χ2v) is 3.93. The number of aromatic nitrogens is 1. The molecule has 0 saturated heterocycles. The van der Waals surface area contributed by atoms with E-state index in [-0.39, 0.29) is 0 Å². The van der Waals surface area contributed by atoms with Gasteiger partial charge in [-0.1, -0.05) is 0 Å². The van der Waals surface area contributed by atoms with Crippen molar-refractivity contribution in [1.29, 1.82) is 0 Å². The summed E-state index contributed by atoms with van der Waals surface area (Å²) in [6.45, 7) is 4.83. The Morgan fingerprint density at radius 3 is 2.81 bits per heavy atom. The lowest BCUT2D eigenvalue weighted by Crippen LogP contribution is -2.05. The number of aryl methyl sites for hydroxylation is 2. The average Bonchev–Trinajstić information content (AvgIpc) is 2.86. The van der Waals surface area contributed by atoms with Gasteiger partial charge in [0.25, 0.3) is 0 Å². The second-order valence-electron chi connectivity index (χ2n) is 3.93. The number of carbonyl (C=O) groups excluding carboxylic acids is 1. The van der Waals surface area contributed by atoms with Crippen LogP contribution < -0.4 is 0 Å². The van der Waals surface area contributed by atoms with E-state index in [4.69, 9.17) is 4.42 Å². The summed E-state index contributed by atoms with van der Waals surface area (Å²) in [5.41, 5.74) is 2.92. The third-order valence-electron chi connectivity index (χ3n) is 2.90. The Hall–Kier alpha value is -1.77. The fourth-order valence-electron chi connectivity index (χ4n) is 1.97. The van der Waals surface area contributed by atoms with Gasteiger partial charge in [-0.25, -0.2) is 0 Å². The van der Waals surface area contributed by atoms with Crippen LogP contribution in [0.2, 0.25) is 0 Å². The van der Waals surface area contributed by atoms with Crippen LogP contribution in [0.15, 0.2) is 28.9 Å². The van der Waals surface area contributed by atoms with Gasteiger partial charge in [-0.15, -0.1) is 0 Å². The molecule has 84 valence electrons. The molecular formula is C13H15NO2. The zero-order chi connectivity index (χ0) is 11.5. The number of aldehydes is 1. The summed E-state index contributed by atoms with van der Waals surface area (Å²) < 4.78 is 7.43. The number of hydrogen-bond donors (Lipinski definition) is 0. The van der Waals surface area contributed by atoms with E-state index in [9.17, 15) is 4.79 Å². The largest absolute Gasteiger partial charge is 0.469 e. The van der Waals surface area contributed by atoms with E-state index in [1.54, 1.807) is 6.26 Å². The molecule has 0 bridgehead atoms. The van der Waals surface area contributed by atoms with Crippen LogP contribution >= 0.6 is 0 Å². The molecule has 3 nitrogen and oxygen atoms in total. The first-order chi connectivity index (χ1) is 7.72. The van der Waals surface area contributed by atoms with Crippen molar-refractivity contribution in [3.05, 3.63) is 47.2 Å². The molecule has 0 aliphatic carbocycles. The molecule has 0 unspecified atom stereocenters. The minimum Gasteiger partial charge on any atom is -0.469 e. The normalized spacial score (nSPS) is 10.6. The smallest absolute Gasteiger partial charge is 0.151 e. The summed E-state index contributed by atoms with van der Waals surface area (Å²) in [5.74, 6) is 0.972. The minimum atomic E-state index is 0.775. The molecule has 0 radical (unpaired) electrons. The van der Waals surface area contributed by atoms with Crippen molar-refractivity contribution < 1.29 is 9.21 Å². The van der Waals surface area contributed by atoms with Crippen molar-refractivity contribution in [3.63, 3.8) is 0 Å². The number of hydrogen-bond acceptors (Lipinski definition) is 2. The van der Waals surface area contributed by atoms with Crippen molar-refractivity contribution >= 4 is 6.29 Å². The van der Waals surface area contributed by atoms with Crippen molar-refractivity contribution in [3.8, 4) is 0 Å². The quantitative estimate of drug-likeness (QED) is 0.738. The van der Waals surface area contributed by atoms with Crippen LogP contribution in [0.5, 0.6) is 0 Å². The van der Waals surface area contributed by atoms with Gasteiger partial charge in [0, 0.05) is 29.9 Å². The fourth-order valence-corrected chi connectivity index (χ4v) is 1.97. The predicted molar refractivity (Wildman–Crippen MR) is 61.7 cm³/mol. The molecule has 0 amide bonds. The summed E-state index contributed by atoms with van der Waals surface area (Å²) in [6.07, 6.45) is 3.44. The van der Waals surface area contributed by atoms with E-state index < -0.39 is 0 Å². The molecule has 0 aliphatic heterocycles. The van der Waals surface area contributed by atoms with Gasteiger partial charge in [0.1, 0.15) is 5.76 Å². The highest BCUT2D eigenvalue weighted by Crippen LogP contribution is 2.14. The Bertz CT molecular complexity index is 480. The van der Waals surface area contributed by atoms with Crippen molar-refractivity contribution in [2.24, 2.45) is 0 Å². The maximum absolute atomic E-state index is 10.8. The van der Waals surface area contributed by atoms with E-state index in [1.165, 1.54) is 0 Å². The second kappa shape index (κ2) is 4.39. The Morgan fingerprint density at radius 2 is 2.25 bits per heavy atom. The molecular weight excluding hydrogens is 202 g/mol. The highest BCUT2D eigenvalue weighted by Gasteiger charge is 2.08. The third-order valence-corrected chi connectivity index (χ3v) is 2.90. The number of furan rings is 1. The summed E-state index contributed by atoms with van der Waals surface area (Å²) in [7, 11) is 0. The van der Waals surface area contributed by atoms with Crippen LogP contribution in [0.25, 0.3) is 0 Å². The lowest BCUT2D eigenvalue weighted by molar-refractivity contribution is 0.112. The van der Waals surface area contributed by atoms with Crippen LogP contribution in [0, 0.1) is 13.8 Å². The van der Waals surface area contributed by atoms with Crippen LogP contribution in [-0.2, 0) is 13.0 Å². The van der Waals surface area contributed by atoms with E-state index in [2.05, 4.69) is 4.57 Å².